The van der Waals surface area contributed by atoms with E-state index in [9.17, 15) is 13.2 Å². The average molecular weight is 440 g/mol. The first-order valence-corrected chi connectivity index (χ1v) is 12.0. The van der Waals surface area contributed by atoms with Crippen LogP contribution in [-0.2, 0) is 19.7 Å². The Kier molecular flexibility index (Phi) is 7.73. The Morgan fingerprint density at radius 3 is 2.40 bits per heavy atom. The van der Waals surface area contributed by atoms with Crippen molar-refractivity contribution >= 4 is 16.3 Å². The topological polar surface area (TPSA) is 88.2 Å². The number of hydrogen-bond donors (Lipinski definition) is 1. The second-order valence-corrected chi connectivity index (χ2v) is 10.2. The van der Waals surface area contributed by atoms with Crippen LogP contribution in [0.25, 0.3) is 0 Å². The molecule has 2 unspecified atom stereocenters. The van der Waals surface area contributed by atoms with E-state index in [0.717, 1.165) is 30.0 Å². The molecule has 8 nitrogen and oxygen atoms in total. The van der Waals surface area contributed by atoms with Crippen molar-refractivity contribution in [3.63, 3.8) is 0 Å². The zero-order valence-corrected chi connectivity index (χ0v) is 18.8. The molecule has 0 radical (unpaired) electrons. The predicted molar refractivity (Wildman–Crippen MR) is 114 cm³/mol. The Bertz CT molecular complexity index is 794. The summed E-state index contributed by atoms with van der Waals surface area (Å²) in [6, 6.07) is 9.76. The van der Waals surface area contributed by atoms with Gasteiger partial charge in [-0.25, -0.2) is 4.79 Å². The van der Waals surface area contributed by atoms with Crippen LogP contribution in [0.2, 0.25) is 0 Å². The van der Waals surface area contributed by atoms with Crippen LogP contribution in [-0.4, -0.2) is 76.3 Å². The molecule has 1 aromatic carbocycles. The van der Waals surface area contributed by atoms with Gasteiger partial charge in [0.05, 0.1) is 25.9 Å². The van der Waals surface area contributed by atoms with Crippen LogP contribution in [0.1, 0.15) is 43.6 Å². The zero-order valence-electron chi connectivity index (χ0n) is 18.0. The molecule has 0 aromatic heterocycles. The molecule has 1 saturated carbocycles. The molecule has 168 valence electrons. The first-order chi connectivity index (χ1) is 14.3. The summed E-state index contributed by atoms with van der Waals surface area (Å²) in [6.45, 7) is 0.721. The number of nitrogens with zero attached hydrogens (tertiary/aromatic N) is 2. The van der Waals surface area contributed by atoms with Gasteiger partial charge in [-0.05, 0) is 43.6 Å². The molecular formula is C21H33N3O5S. The van der Waals surface area contributed by atoms with E-state index in [1.165, 1.54) is 26.8 Å². The Morgan fingerprint density at radius 2 is 1.80 bits per heavy atom. The van der Waals surface area contributed by atoms with Crippen molar-refractivity contribution in [3.05, 3.63) is 35.9 Å². The SMILES string of the molecule is COC(=O)N1CCC(NS(=O)(=O)N(C)C)C1COC1CCC(c2ccccc2)CC1. The minimum atomic E-state index is -3.60. The smallest absolute Gasteiger partial charge is 0.409 e. The zero-order chi connectivity index (χ0) is 21.7. The minimum Gasteiger partial charge on any atom is -0.453 e. The highest BCUT2D eigenvalue weighted by atomic mass is 32.2. The van der Waals surface area contributed by atoms with Crippen LogP contribution < -0.4 is 4.72 Å². The highest BCUT2D eigenvalue weighted by Gasteiger charge is 2.40. The van der Waals surface area contributed by atoms with Crippen molar-refractivity contribution in [1.29, 1.82) is 0 Å². The number of amides is 1. The van der Waals surface area contributed by atoms with Crippen LogP contribution >= 0.6 is 0 Å². The maximum Gasteiger partial charge on any atom is 0.409 e. The van der Waals surface area contributed by atoms with Crippen molar-refractivity contribution in [2.24, 2.45) is 0 Å². The van der Waals surface area contributed by atoms with E-state index in [1.807, 2.05) is 6.07 Å². The normalized spacial score (nSPS) is 27.4. The van der Waals surface area contributed by atoms with Gasteiger partial charge in [-0.1, -0.05) is 30.3 Å². The van der Waals surface area contributed by atoms with Crippen molar-refractivity contribution in [2.75, 3.05) is 34.4 Å². The van der Waals surface area contributed by atoms with Crippen LogP contribution in [0.4, 0.5) is 4.79 Å². The molecule has 1 N–H and O–H groups in total. The fourth-order valence-corrected chi connectivity index (χ4v) is 5.23. The lowest BCUT2D eigenvalue weighted by Crippen LogP contribution is -2.51. The van der Waals surface area contributed by atoms with E-state index in [0.29, 0.717) is 18.9 Å². The Labute approximate surface area is 179 Å². The molecule has 1 heterocycles. The number of benzene rings is 1. The molecule has 1 aromatic rings. The molecule has 1 aliphatic carbocycles. The van der Waals surface area contributed by atoms with Crippen LogP contribution in [0.5, 0.6) is 0 Å². The molecule has 1 amide bonds. The third-order valence-electron chi connectivity index (χ3n) is 6.18. The molecule has 0 spiro atoms. The number of nitrogens with one attached hydrogen (secondary N) is 1. The summed E-state index contributed by atoms with van der Waals surface area (Å²) in [5.74, 6) is 0.559. The van der Waals surface area contributed by atoms with Gasteiger partial charge in [0.25, 0.3) is 10.2 Å². The molecule has 2 fully saturated rings. The first-order valence-electron chi connectivity index (χ1n) is 10.5. The summed E-state index contributed by atoms with van der Waals surface area (Å²) < 4.78 is 39.5. The van der Waals surface area contributed by atoms with Gasteiger partial charge in [0, 0.05) is 26.7 Å². The maximum absolute atomic E-state index is 12.3. The molecule has 2 aliphatic rings. The molecular weight excluding hydrogens is 406 g/mol. The first kappa shape index (κ1) is 23.0. The molecule has 3 rings (SSSR count). The summed E-state index contributed by atoms with van der Waals surface area (Å²) in [7, 11) is 0.690. The number of hydrogen-bond acceptors (Lipinski definition) is 5. The van der Waals surface area contributed by atoms with Crippen LogP contribution in [0.15, 0.2) is 30.3 Å². The second-order valence-electron chi connectivity index (χ2n) is 8.25. The van der Waals surface area contributed by atoms with Crippen LogP contribution in [0.3, 0.4) is 0 Å². The van der Waals surface area contributed by atoms with Gasteiger partial charge in [0.15, 0.2) is 0 Å². The van der Waals surface area contributed by atoms with Crippen LogP contribution in [0, 0.1) is 0 Å². The minimum absolute atomic E-state index is 0.121. The van der Waals surface area contributed by atoms with E-state index in [4.69, 9.17) is 9.47 Å². The summed E-state index contributed by atoms with van der Waals surface area (Å²) in [5, 5.41) is 0. The molecule has 30 heavy (non-hydrogen) atoms. The highest BCUT2D eigenvalue weighted by Crippen LogP contribution is 2.34. The lowest BCUT2D eigenvalue weighted by atomic mass is 9.83. The largest absolute Gasteiger partial charge is 0.453 e. The molecule has 2 atom stereocenters. The Hall–Kier alpha value is -1.68. The van der Waals surface area contributed by atoms with Crippen molar-refractivity contribution in [2.45, 2.75) is 56.2 Å². The third-order valence-corrected chi connectivity index (χ3v) is 7.75. The monoisotopic (exact) mass is 439 g/mol. The number of likely N-dealkylation sites (tertiary alicyclic amines) is 1. The molecule has 1 aliphatic heterocycles. The third kappa shape index (κ3) is 5.51. The van der Waals surface area contributed by atoms with Gasteiger partial charge in [0.2, 0.25) is 0 Å². The fraction of sp³-hybridized carbons (Fsp3) is 0.667. The second kappa shape index (κ2) is 10.1. The van der Waals surface area contributed by atoms with Gasteiger partial charge in [-0.2, -0.15) is 17.4 Å². The summed E-state index contributed by atoms with van der Waals surface area (Å²) in [6.07, 6.45) is 4.24. The Morgan fingerprint density at radius 1 is 1.13 bits per heavy atom. The van der Waals surface area contributed by atoms with E-state index in [-0.39, 0.29) is 18.8 Å². The standard InChI is InChI=1S/C21H33N3O5S/c1-23(2)30(26,27)22-19-13-14-24(21(25)28-3)20(19)15-29-18-11-9-17(10-12-18)16-7-5-4-6-8-16/h4-8,17-20,22H,9-15H2,1-3H3. The highest BCUT2D eigenvalue weighted by molar-refractivity contribution is 7.87. The van der Waals surface area contributed by atoms with Gasteiger partial charge >= 0.3 is 6.09 Å². The number of carbonyl (C=O) groups is 1. The maximum atomic E-state index is 12.3. The number of ether oxygens (including phenoxy) is 2. The Balaban J connectivity index is 1.58. The summed E-state index contributed by atoms with van der Waals surface area (Å²) in [5.41, 5.74) is 1.38. The summed E-state index contributed by atoms with van der Waals surface area (Å²) in [4.78, 5) is 13.7. The van der Waals surface area contributed by atoms with E-state index in [1.54, 1.807) is 4.90 Å². The number of methoxy groups -OCH3 is 1. The van der Waals surface area contributed by atoms with Crippen molar-refractivity contribution in [1.82, 2.24) is 13.9 Å². The molecule has 0 bridgehead atoms. The van der Waals surface area contributed by atoms with Gasteiger partial charge < -0.3 is 14.4 Å². The predicted octanol–water partition coefficient (Wildman–Crippen LogP) is 2.33. The fourth-order valence-electron chi connectivity index (χ4n) is 4.36. The quantitative estimate of drug-likeness (QED) is 0.705. The van der Waals surface area contributed by atoms with Gasteiger partial charge in [-0.3, -0.25) is 0 Å². The van der Waals surface area contributed by atoms with Gasteiger partial charge in [-0.15, -0.1) is 0 Å². The van der Waals surface area contributed by atoms with Gasteiger partial charge in [0.1, 0.15) is 0 Å². The molecule has 1 saturated heterocycles. The number of rotatable bonds is 7. The lowest BCUT2D eigenvalue weighted by molar-refractivity contribution is -0.00540. The lowest BCUT2D eigenvalue weighted by Gasteiger charge is -2.32. The average Bonchev–Trinajstić information content (AvgIpc) is 3.14. The number of carbonyl (C=O) groups excluding carboxylic acids is 1. The summed E-state index contributed by atoms with van der Waals surface area (Å²) >= 11 is 0. The van der Waals surface area contributed by atoms with Crippen molar-refractivity contribution in [3.8, 4) is 0 Å². The van der Waals surface area contributed by atoms with E-state index >= 15 is 0 Å². The van der Waals surface area contributed by atoms with Crippen molar-refractivity contribution < 1.29 is 22.7 Å². The van der Waals surface area contributed by atoms with E-state index < -0.39 is 22.3 Å². The molecule has 9 heteroatoms. The van der Waals surface area contributed by atoms with E-state index in [2.05, 4.69) is 29.0 Å².